The topological polar surface area (TPSA) is 139 Å². The summed E-state index contributed by atoms with van der Waals surface area (Å²) in [7, 11) is 1.17. The predicted octanol–water partition coefficient (Wildman–Crippen LogP) is 1.09. The van der Waals surface area contributed by atoms with Gasteiger partial charge in [0.15, 0.2) is 6.61 Å². The third-order valence-electron chi connectivity index (χ3n) is 3.52. The van der Waals surface area contributed by atoms with Crippen molar-refractivity contribution in [2.24, 2.45) is 5.16 Å². The fraction of sp³-hybridized carbons (Fsp3) is 0.421. The van der Waals surface area contributed by atoms with E-state index in [1.807, 2.05) is 13.0 Å². The van der Waals surface area contributed by atoms with Crippen LogP contribution in [0.4, 0.5) is 4.79 Å². The Hall–Kier alpha value is -3.61. The molecule has 0 aliphatic rings. The molecule has 0 aliphatic carbocycles. The van der Waals surface area contributed by atoms with Crippen LogP contribution in [0.5, 0.6) is 0 Å². The van der Waals surface area contributed by atoms with E-state index in [1.165, 1.54) is 13.3 Å². The lowest BCUT2D eigenvalue weighted by molar-refractivity contribution is -0.143. The molecule has 1 rings (SSSR count). The molecular formula is C19H24N4O6. The summed E-state index contributed by atoms with van der Waals surface area (Å²) in [6.45, 7) is 1.59. The Kier molecular flexibility index (Phi) is 10.9. The van der Waals surface area contributed by atoms with E-state index in [0.29, 0.717) is 17.5 Å². The summed E-state index contributed by atoms with van der Waals surface area (Å²) in [5, 5.41) is 17.2. The summed E-state index contributed by atoms with van der Waals surface area (Å²) in [6.07, 6.45) is 2.18. The van der Waals surface area contributed by atoms with Gasteiger partial charge in [-0.3, -0.25) is 4.79 Å². The molecule has 10 nitrogen and oxygen atoms in total. The fourth-order valence-electron chi connectivity index (χ4n) is 1.93. The first kappa shape index (κ1) is 23.4. The maximum Gasteiger partial charge on any atom is 0.407 e. The molecule has 0 aromatic heterocycles. The molecule has 0 radical (unpaired) electrons. The van der Waals surface area contributed by atoms with Crippen LogP contribution in [-0.2, 0) is 23.9 Å². The van der Waals surface area contributed by atoms with Crippen LogP contribution in [0.1, 0.15) is 30.9 Å². The zero-order valence-corrected chi connectivity index (χ0v) is 16.3. The van der Waals surface area contributed by atoms with Crippen LogP contribution < -0.4 is 10.6 Å². The van der Waals surface area contributed by atoms with Gasteiger partial charge in [0.05, 0.1) is 31.6 Å². The molecule has 1 aromatic rings. The Morgan fingerprint density at radius 1 is 1.28 bits per heavy atom. The fourth-order valence-corrected chi connectivity index (χ4v) is 1.93. The normalized spacial score (nSPS) is 11.2. The van der Waals surface area contributed by atoms with E-state index in [9.17, 15) is 14.4 Å². The first-order valence-electron chi connectivity index (χ1n) is 8.93. The number of nitrogens with zero attached hydrogens (tertiary/aromatic N) is 2. The van der Waals surface area contributed by atoms with Crippen molar-refractivity contribution in [2.45, 2.75) is 25.8 Å². The Morgan fingerprint density at radius 2 is 2.00 bits per heavy atom. The molecule has 0 aliphatic heterocycles. The van der Waals surface area contributed by atoms with Crippen molar-refractivity contribution in [1.82, 2.24) is 10.6 Å². The number of carbonyl (C=O) groups excluding carboxylic acids is 3. The highest BCUT2D eigenvalue weighted by atomic mass is 16.6. The molecule has 1 aromatic carbocycles. The highest BCUT2D eigenvalue weighted by Gasteiger charge is 2.23. The Labute approximate surface area is 168 Å². The maximum atomic E-state index is 11.8. The number of hydrogen-bond acceptors (Lipinski definition) is 8. The molecule has 29 heavy (non-hydrogen) atoms. The van der Waals surface area contributed by atoms with Crippen LogP contribution in [0.3, 0.4) is 0 Å². The van der Waals surface area contributed by atoms with Gasteiger partial charge in [-0.15, -0.1) is 0 Å². The first-order chi connectivity index (χ1) is 14.0. The number of oxime groups is 1. The zero-order valence-electron chi connectivity index (χ0n) is 16.3. The molecule has 0 heterocycles. The molecule has 0 bridgehead atoms. The summed E-state index contributed by atoms with van der Waals surface area (Å²) >= 11 is 0. The van der Waals surface area contributed by atoms with Crippen molar-refractivity contribution >= 4 is 24.2 Å². The van der Waals surface area contributed by atoms with Crippen LogP contribution in [0.25, 0.3) is 0 Å². The SMILES string of the molecule is CCCCOC(=O)NC(CNC(=O)CO/N=C/c1ccc(C#N)cc1)C(=O)OC. The highest BCUT2D eigenvalue weighted by Crippen LogP contribution is 2.00. The number of hydrogen-bond donors (Lipinski definition) is 2. The zero-order chi connectivity index (χ0) is 21.5. The number of alkyl carbamates (subject to hydrolysis) is 1. The smallest absolute Gasteiger partial charge is 0.407 e. The minimum atomic E-state index is -1.10. The van der Waals surface area contributed by atoms with E-state index < -0.39 is 24.0 Å². The second kappa shape index (κ2) is 13.5. The van der Waals surface area contributed by atoms with Gasteiger partial charge in [-0.1, -0.05) is 30.6 Å². The van der Waals surface area contributed by atoms with Crippen LogP contribution in [-0.4, -0.2) is 57.1 Å². The summed E-state index contributed by atoms with van der Waals surface area (Å²) in [5.41, 5.74) is 1.21. The monoisotopic (exact) mass is 404 g/mol. The van der Waals surface area contributed by atoms with E-state index in [1.54, 1.807) is 24.3 Å². The van der Waals surface area contributed by atoms with Crippen molar-refractivity contribution < 1.29 is 28.7 Å². The molecule has 1 unspecified atom stereocenters. The molecule has 10 heteroatoms. The number of benzene rings is 1. The number of methoxy groups -OCH3 is 1. The molecule has 0 spiro atoms. The predicted molar refractivity (Wildman–Crippen MR) is 103 cm³/mol. The molecule has 0 saturated carbocycles. The number of carbonyl (C=O) groups is 3. The second-order valence-electron chi connectivity index (χ2n) is 5.76. The third kappa shape index (κ3) is 9.76. The quantitative estimate of drug-likeness (QED) is 0.244. The average molecular weight is 404 g/mol. The summed E-state index contributed by atoms with van der Waals surface area (Å²) in [5.74, 6) is -1.27. The summed E-state index contributed by atoms with van der Waals surface area (Å²) < 4.78 is 9.52. The number of ether oxygens (including phenoxy) is 2. The lowest BCUT2D eigenvalue weighted by atomic mass is 10.2. The van der Waals surface area contributed by atoms with Gasteiger partial charge in [0.2, 0.25) is 0 Å². The van der Waals surface area contributed by atoms with Crippen molar-refractivity contribution in [3.8, 4) is 6.07 Å². The van der Waals surface area contributed by atoms with Gasteiger partial charge in [-0.2, -0.15) is 5.26 Å². The molecule has 156 valence electrons. The van der Waals surface area contributed by atoms with Gasteiger partial charge in [0, 0.05) is 6.54 Å². The standard InChI is InChI=1S/C19H24N4O6/c1-3-4-9-28-19(26)23-16(18(25)27-2)12-21-17(24)13-29-22-11-15-7-5-14(10-20)6-8-15/h5-8,11,16H,3-4,9,12-13H2,1-2H3,(H,21,24)(H,23,26)/b22-11+. The molecule has 2 amide bonds. The summed E-state index contributed by atoms with van der Waals surface area (Å²) in [4.78, 5) is 40.1. The number of amides is 2. The van der Waals surface area contributed by atoms with Gasteiger partial charge in [0.1, 0.15) is 6.04 Å². The van der Waals surface area contributed by atoms with E-state index in [4.69, 9.17) is 14.8 Å². The van der Waals surface area contributed by atoms with Gasteiger partial charge < -0.3 is 24.9 Å². The van der Waals surface area contributed by atoms with Crippen LogP contribution in [0, 0.1) is 11.3 Å². The van der Waals surface area contributed by atoms with Crippen LogP contribution in [0.2, 0.25) is 0 Å². The van der Waals surface area contributed by atoms with Gasteiger partial charge in [-0.25, -0.2) is 9.59 Å². The van der Waals surface area contributed by atoms with Crippen molar-refractivity contribution in [3.63, 3.8) is 0 Å². The number of unbranched alkanes of at least 4 members (excludes halogenated alkanes) is 1. The number of rotatable bonds is 11. The minimum absolute atomic E-state index is 0.197. The van der Waals surface area contributed by atoms with Crippen molar-refractivity contribution in [3.05, 3.63) is 35.4 Å². The molecule has 0 fully saturated rings. The van der Waals surface area contributed by atoms with Gasteiger partial charge in [-0.05, 0) is 24.1 Å². The number of nitriles is 1. The van der Waals surface area contributed by atoms with E-state index in [-0.39, 0.29) is 19.8 Å². The minimum Gasteiger partial charge on any atom is -0.467 e. The highest BCUT2D eigenvalue weighted by molar-refractivity contribution is 5.83. The van der Waals surface area contributed by atoms with Crippen LogP contribution >= 0.6 is 0 Å². The molecule has 1 atom stereocenters. The van der Waals surface area contributed by atoms with Crippen LogP contribution in [0.15, 0.2) is 29.4 Å². The Morgan fingerprint density at radius 3 is 2.62 bits per heavy atom. The Bertz CT molecular complexity index is 742. The average Bonchev–Trinajstić information content (AvgIpc) is 2.74. The van der Waals surface area contributed by atoms with E-state index >= 15 is 0 Å². The van der Waals surface area contributed by atoms with Gasteiger partial charge >= 0.3 is 12.1 Å². The molecular weight excluding hydrogens is 380 g/mol. The van der Waals surface area contributed by atoms with Gasteiger partial charge in [0.25, 0.3) is 5.91 Å². The summed E-state index contributed by atoms with van der Waals surface area (Å²) in [6, 6.07) is 7.51. The number of esters is 1. The second-order valence-corrected chi connectivity index (χ2v) is 5.76. The maximum absolute atomic E-state index is 11.8. The first-order valence-corrected chi connectivity index (χ1v) is 8.93. The molecule has 0 saturated heterocycles. The van der Waals surface area contributed by atoms with E-state index in [0.717, 1.165) is 6.42 Å². The van der Waals surface area contributed by atoms with E-state index in [2.05, 4.69) is 20.5 Å². The number of nitrogens with one attached hydrogen (secondary N) is 2. The molecule has 2 N–H and O–H groups in total. The van der Waals surface area contributed by atoms with Crippen molar-refractivity contribution in [2.75, 3.05) is 26.9 Å². The lowest BCUT2D eigenvalue weighted by Crippen LogP contribution is -2.49. The Balaban J connectivity index is 2.39. The third-order valence-corrected chi connectivity index (χ3v) is 3.52. The lowest BCUT2D eigenvalue weighted by Gasteiger charge is -2.16. The van der Waals surface area contributed by atoms with Crippen molar-refractivity contribution in [1.29, 1.82) is 5.26 Å². The largest absolute Gasteiger partial charge is 0.467 e.